The van der Waals surface area contributed by atoms with E-state index in [1.165, 1.54) is 17.0 Å². The third-order valence-electron chi connectivity index (χ3n) is 3.00. The Hall–Kier alpha value is -3.36. The zero-order chi connectivity index (χ0) is 18.1. The third kappa shape index (κ3) is 5.65. The van der Waals surface area contributed by atoms with Crippen LogP contribution in [0.15, 0.2) is 42.7 Å². The molecule has 0 unspecified atom stereocenters. The molecule has 1 aromatic heterocycles. The van der Waals surface area contributed by atoms with E-state index in [-0.39, 0.29) is 25.6 Å². The van der Waals surface area contributed by atoms with E-state index in [1.807, 2.05) is 30.3 Å². The molecule has 0 atom stereocenters. The lowest BCUT2D eigenvalue weighted by Crippen LogP contribution is -2.43. The van der Waals surface area contributed by atoms with Gasteiger partial charge in [0, 0.05) is 12.4 Å². The fourth-order valence-corrected chi connectivity index (χ4v) is 1.90. The van der Waals surface area contributed by atoms with E-state index in [9.17, 15) is 14.4 Å². The van der Waals surface area contributed by atoms with Gasteiger partial charge in [-0.15, -0.1) is 0 Å². The predicted octanol–water partition coefficient (Wildman–Crippen LogP) is 1.02. The van der Waals surface area contributed by atoms with Crippen LogP contribution in [0.5, 0.6) is 0 Å². The molecule has 0 saturated carbocycles. The molecule has 9 heteroatoms. The molecule has 0 saturated heterocycles. The van der Waals surface area contributed by atoms with Gasteiger partial charge in [0.2, 0.25) is 5.82 Å². The number of carbonyl (C=O) groups is 3. The van der Waals surface area contributed by atoms with Crippen molar-refractivity contribution in [3.05, 3.63) is 54.1 Å². The zero-order valence-electron chi connectivity index (χ0n) is 13.6. The van der Waals surface area contributed by atoms with Gasteiger partial charge in [-0.1, -0.05) is 30.3 Å². The van der Waals surface area contributed by atoms with Crippen LogP contribution in [-0.2, 0) is 27.4 Å². The molecule has 0 bridgehead atoms. The van der Waals surface area contributed by atoms with Crippen molar-refractivity contribution >= 4 is 18.0 Å². The van der Waals surface area contributed by atoms with E-state index >= 15 is 0 Å². The average Bonchev–Trinajstić information content (AvgIpc) is 3.07. The van der Waals surface area contributed by atoms with Gasteiger partial charge in [0.25, 0.3) is 5.91 Å². The summed E-state index contributed by atoms with van der Waals surface area (Å²) in [6.45, 7) is 1.74. The van der Waals surface area contributed by atoms with Crippen molar-refractivity contribution < 1.29 is 23.9 Å². The number of rotatable bonds is 6. The number of hydrogen-bond donors (Lipinski definition) is 2. The Kier molecular flexibility index (Phi) is 6.52. The topological polar surface area (TPSA) is 112 Å². The van der Waals surface area contributed by atoms with Gasteiger partial charge < -0.3 is 14.0 Å². The second-order valence-electron chi connectivity index (χ2n) is 4.83. The summed E-state index contributed by atoms with van der Waals surface area (Å²) in [5.74, 6) is -1.18. The normalized spacial score (nSPS) is 9.96. The summed E-state index contributed by atoms with van der Waals surface area (Å²) in [6.07, 6.45) is 2.04. The van der Waals surface area contributed by atoms with E-state index in [2.05, 4.69) is 15.8 Å². The van der Waals surface area contributed by atoms with Crippen LogP contribution >= 0.6 is 0 Å². The minimum absolute atomic E-state index is 0.00338. The number of amides is 2. The zero-order valence-corrected chi connectivity index (χ0v) is 13.6. The van der Waals surface area contributed by atoms with Crippen LogP contribution in [0.2, 0.25) is 0 Å². The monoisotopic (exact) mass is 346 g/mol. The number of benzene rings is 1. The van der Waals surface area contributed by atoms with Gasteiger partial charge in [-0.25, -0.2) is 20.0 Å². The Morgan fingerprint density at radius 3 is 2.60 bits per heavy atom. The lowest BCUT2D eigenvalue weighted by atomic mass is 10.2. The highest BCUT2D eigenvalue weighted by atomic mass is 16.6. The van der Waals surface area contributed by atoms with E-state index in [4.69, 9.17) is 9.47 Å². The summed E-state index contributed by atoms with van der Waals surface area (Å²) < 4.78 is 11.1. The number of hydrazine groups is 1. The number of nitrogens with one attached hydrogen (secondary N) is 2. The molecule has 0 fully saturated rings. The standard InChI is InChI=1S/C16H18N4O5/c1-2-24-15(22)14-17-8-9-20(14)10-13(21)18-19-16(23)25-11-12-6-4-3-5-7-12/h3-9H,2,10-11H2,1H3,(H,18,21)(H,19,23). The summed E-state index contributed by atoms with van der Waals surface area (Å²) in [5.41, 5.74) is 5.14. The highest BCUT2D eigenvalue weighted by Crippen LogP contribution is 2.01. The van der Waals surface area contributed by atoms with E-state index in [1.54, 1.807) is 6.92 Å². The minimum atomic E-state index is -0.798. The van der Waals surface area contributed by atoms with Crippen LogP contribution in [0.25, 0.3) is 0 Å². The Labute approximate surface area is 143 Å². The SMILES string of the molecule is CCOC(=O)c1nccn1CC(=O)NNC(=O)OCc1ccccc1. The first-order valence-electron chi connectivity index (χ1n) is 7.54. The van der Waals surface area contributed by atoms with Crippen molar-refractivity contribution in [2.24, 2.45) is 0 Å². The summed E-state index contributed by atoms with van der Waals surface area (Å²) in [6, 6.07) is 9.11. The smallest absolute Gasteiger partial charge is 0.426 e. The van der Waals surface area contributed by atoms with Crippen LogP contribution in [-0.4, -0.2) is 34.1 Å². The van der Waals surface area contributed by atoms with Gasteiger partial charge in [0.05, 0.1) is 6.61 Å². The van der Waals surface area contributed by atoms with Crippen molar-refractivity contribution in [2.45, 2.75) is 20.1 Å². The fraction of sp³-hybridized carbons (Fsp3) is 0.250. The van der Waals surface area contributed by atoms with Gasteiger partial charge >= 0.3 is 12.1 Å². The first-order valence-corrected chi connectivity index (χ1v) is 7.54. The van der Waals surface area contributed by atoms with Crippen LogP contribution in [0.3, 0.4) is 0 Å². The van der Waals surface area contributed by atoms with Gasteiger partial charge in [0.15, 0.2) is 0 Å². The van der Waals surface area contributed by atoms with Crippen LogP contribution in [0, 0.1) is 0 Å². The van der Waals surface area contributed by atoms with Crippen molar-refractivity contribution in [1.29, 1.82) is 0 Å². The molecule has 1 aromatic carbocycles. The Morgan fingerprint density at radius 2 is 1.88 bits per heavy atom. The van der Waals surface area contributed by atoms with Gasteiger partial charge in [0.1, 0.15) is 13.2 Å². The number of nitrogens with zero attached hydrogens (tertiary/aromatic N) is 2. The molecule has 0 aliphatic rings. The van der Waals surface area contributed by atoms with Crippen LogP contribution < -0.4 is 10.9 Å². The quantitative estimate of drug-likeness (QED) is 0.597. The van der Waals surface area contributed by atoms with Crippen LogP contribution in [0.1, 0.15) is 23.1 Å². The number of ether oxygens (including phenoxy) is 2. The Balaban J connectivity index is 1.76. The van der Waals surface area contributed by atoms with Gasteiger partial charge in [-0.05, 0) is 12.5 Å². The molecular weight excluding hydrogens is 328 g/mol. The lowest BCUT2D eigenvalue weighted by molar-refractivity contribution is -0.122. The van der Waals surface area contributed by atoms with Crippen molar-refractivity contribution in [3.8, 4) is 0 Å². The predicted molar refractivity (Wildman–Crippen MR) is 86.1 cm³/mol. The number of imidazole rings is 1. The van der Waals surface area contributed by atoms with Crippen molar-refractivity contribution in [3.63, 3.8) is 0 Å². The first-order chi connectivity index (χ1) is 12.1. The summed E-state index contributed by atoms with van der Waals surface area (Å²) in [4.78, 5) is 38.9. The third-order valence-corrected chi connectivity index (χ3v) is 3.00. The molecular formula is C16H18N4O5. The molecule has 0 spiro atoms. The second-order valence-corrected chi connectivity index (χ2v) is 4.83. The van der Waals surface area contributed by atoms with E-state index in [0.29, 0.717) is 0 Å². The molecule has 2 amide bonds. The summed E-state index contributed by atoms with van der Waals surface area (Å²) in [7, 11) is 0. The molecule has 2 aromatic rings. The Bertz CT molecular complexity index is 729. The molecule has 25 heavy (non-hydrogen) atoms. The summed E-state index contributed by atoms with van der Waals surface area (Å²) >= 11 is 0. The molecule has 9 nitrogen and oxygen atoms in total. The highest BCUT2D eigenvalue weighted by molar-refractivity contribution is 5.86. The van der Waals surface area contributed by atoms with Crippen LogP contribution in [0.4, 0.5) is 4.79 Å². The first kappa shape index (κ1) is 18.0. The summed E-state index contributed by atoms with van der Waals surface area (Å²) in [5, 5.41) is 0. The molecule has 0 radical (unpaired) electrons. The Morgan fingerprint density at radius 1 is 1.12 bits per heavy atom. The number of aromatic nitrogens is 2. The maximum absolute atomic E-state index is 11.8. The average molecular weight is 346 g/mol. The number of carbonyl (C=O) groups excluding carboxylic acids is 3. The number of esters is 1. The lowest BCUT2D eigenvalue weighted by Gasteiger charge is -2.10. The molecule has 0 aliphatic heterocycles. The maximum atomic E-state index is 11.8. The minimum Gasteiger partial charge on any atom is -0.460 e. The van der Waals surface area contributed by atoms with Gasteiger partial charge in [-0.2, -0.15) is 0 Å². The molecule has 2 rings (SSSR count). The molecule has 1 heterocycles. The molecule has 132 valence electrons. The second kappa shape index (κ2) is 9.06. The number of hydrogen-bond acceptors (Lipinski definition) is 6. The molecule has 0 aliphatic carbocycles. The van der Waals surface area contributed by atoms with E-state index in [0.717, 1.165) is 5.56 Å². The maximum Gasteiger partial charge on any atom is 0.426 e. The largest absolute Gasteiger partial charge is 0.460 e. The highest BCUT2D eigenvalue weighted by Gasteiger charge is 2.16. The van der Waals surface area contributed by atoms with Crippen molar-refractivity contribution in [1.82, 2.24) is 20.4 Å². The molecule has 2 N–H and O–H groups in total. The van der Waals surface area contributed by atoms with Crippen molar-refractivity contribution in [2.75, 3.05) is 6.61 Å². The van der Waals surface area contributed by atoms with Gasteiger partial charge in [-0.3, -0.25) is 10.2 Å². The fourth-order valence-electron chi connectivity index (χ4n) is 1.90. The van der Waals surface area contributed by atoms with E-state index < -0.39 is 18.0 Å².